The molecule has 2 aromatic carbocycles. The van der Waals surface area contributed by atoms with E-state index in [2.05, 4.69) is 15.1 Å². The summed E-state index contributed by atoms with van der Waals surface area (Å²) in [7, 11) is -1.67. The number of rotatable bonds is 4. The number of fused-ring (bicyclic) bond motifs is 1. The van der Waals surface area contributed by atoms with Gasteiger partial charge in [-0.1, -0.05) is 6.07 Å². The van der Waals surface area contributed by atoms with E-state index in [-0.39, 0.29) is 17.0 Å². The minimum Gasteiger partial charge on any atom is -0.349 e. The predicted octanol–water partition coefficient (Wildman–Crippen LogP) is 2.33. The molecule has 0 radical (unpaired) electrons. The van der Waals surface area contributed by atoms with Gasteiger partial charge in [-0.05, 0) is 48.7 Å². The van der Waals surface area contributed by atoms with E-state index in [9.17, 15) is 18.2 Å². The Morgan fingerprint density at radius 3 is 2.79 bits per heavy atom. The van der Waals surface area contributed by atoms with E-state index < -0.39 is 22.7 Å². The van der Waals surface area contributed by atoms with Gasteiger partial charge in [0.2, 0.25) is 0 Å². The minimum atomic E-state index is -1.67. The van der Waals surface area contributed by atoms with E-state index in [1.54, 1.807) is 24.4 Å². The van der Waals surface area contributed by atoms with Crippen LogP contribution in [0.1, 0.15) is 23.2 Å². The van der Waals surface area contributed by atoms with E-state index in [0.717, 1.165) is 12.8 Å². The molecule has 1 saturated carbocycles. The molecule has 7 nitrogen and oxygen atoms in total. The number of nitrogens with one attached hydrogen (secondary N) is 2. The molecule has 29 heavy (non-hydrogen) atoms. The summed E-state index contributed by atoms with van der Waals surface area (Å²) in [6.07, 6.45) is 4.74. The smallest absolute Gasteiger partial charge is 0.258 e. The molecule has 9 heteroatoms. The maximum atomic E-state index is 14.5. The Bertz CT molecular complexity index is 1250. The van der Waals surface area contributed by atoms with Crippen molar-refractivity contribution in [3.63, 3.8) is 0 Å². The van der Waals surface area contributed by atoms with Crippen molar-refractivity contribution in [2.75, 3.05) is 0 Å². The highest BCUT2D eigenvalue weighted by atomic mass is 32.2. The topological polar surface area (TPSA) is 93.1 Å². The highest BCUT2D eigenvalue weighted by Gasteiger charge is 2.25. The molecule has 1 unspecified atom stereocenters. The zero-order chi connectivity index (χ0) is 20.1. The number of carbonyl (C=O) groups is 2. The van der Waals surface area contributed by atoms with Crippen LogP contribution >= 0.6 is 0 Å². The standard InChI is InChI=1S/C20H15FN4O3S/c21-16-5-1-12(20(27)23-14-3-4-14)8-15(16)11-2-6-17-13(7-11)10-22-25(17)19-9-18(26)24-29(19)28/h1-2,5-10,14H,3-4H2,(H,23,27)(H,24,26). The van der Waals surface area contributed by atoms with Crippen LogP contribution in [0.15, 0.2) is 48.7 Å². The van der Waals surface area contributed by atoms with E-state index in [0.29, 0.717) is 27.6 Å². The second-order valence-corrected chi connectivity index (χ2v) is 8.15. The first-order chi connectivity index (χ1) is 14.0. The maximum absolute atomic E-state index is 14.5. The van der Waals surface area contributed by atoms with Gasteiger partial charge in [-0.15, -0.1) is 0 Å². The van der Waals surface area contributed by atoms with Gasteiger partial charge in [0, 0.05) is 28.6 Å². The van der Waals surface area contributed by atoms with Crippen molar-refractivity contribution in [1.82, 2.24) is 19.8 Å². The molecule has 1 atom stereocenters. The maximum Gasteiger partial charge on any atom is 0.258 e. The summed E-state index contributed by atoms with van der Waals surface area (Å²) >= 11 is 0. The summed E-state index contributed by atoms with van der Waals surface area (Å²) in [4.78, 5) is 23.7. The Morgan fingerprint density at radius 1 is 1.24 bits per heavy atom. The molecule has 5 rings (SSSR count). The first kappa shape index (κ1) is 17.7. The van der Waals surface area contributed by atoms with Crippen molar-refractivity contribution in [2.24, 2.45) is 0 Å². The molecule has 146 valence electrons. The summed E-state index contributed by atoms with van der Waals surface area (Å²) < 4.78 is 30.2. The SMILES string of the molecule is O=C1C=C(n2ncc3cc(-c4cc(C(=O)NC5CC5)ccc4F)ccc32)S(=O)N1. The monoisotopic (exact) mass is 410 g/mol. The lowest BCUT2D eigenvalue weighted by molar-refractivity contribution is -0.114. The van der Waals surface area contributed by atoms with Crippen molar-refractivity contribution < 1.29 is 18.2 Å². The first-order valence-electron chi connectivity index (χ1n) is 9.02. The van der Waals surface area contributed by atoms with Crippen molar-refractivity contribution in [3.8, 4) is 11.1 Å². The lowest BCUT2D eigenvalue weighted by Crippen LogP contribution is -2.25. The van der Waals surface area contributed by atoms with Gasteiger partial charge < -0.3 is 5.32 Å². The van der Waals surface area contributed by atoms with Crippen LogP contribution in [0.3, 0.4) is 0 Å². The van der Waals surface area contributed by atoms with E-state index in [4.69, 9.17) is 0 Å². The molecule has 0 saturated heterocycles. The van der Waals surface area contributed by atoms with Gasteiger partial charge in [-0.3, -0.25) is 14.3 Å². The largest absolute Gasteiger partial charge is 0.349 e. The first-order valence-corrected chi connectivity index (χ1v) is 10.2. The Kier molecular flexibility index (Phi) is 4.06. The Balaban J connectivity index is 1.53. The summed E-state index contributed by atoms with van der Waals surface area (Å²) in [6, 6.07) is 9.68. The van der Waals surface area contributed by atoms with Crippen LogP contribution in [0, 0.1) is 5.82 Å². The van der Waals surface area contributed by atoms with Gasteiger partial charge in [0.1, 0.15) is 5.82 Å². The van der Waals surface area contributed by atoms with Crippen molar-refractivity contribution in [3.05, 3.63) is 60.1 Å². The number of amides is 2. The minimum absolute atomic E-state index is 0.213. The van der Waals surface area contributed by atoms with Crippen LogP contribution in [0.2, 0.25) is 0 Å². The van der Waals surface area contributed by atoms with Crippen LogP contribution in [-0.4, -0.2) is 31.8 Å². The molecule has 3 aromatic rings. The molecular weight excluding hydrogens is 395 g/mol. The number of carbonyl (C=O) groups excluding carboxylic acids is 2. The van der Waals surface area contributed by atoms with Crippen LogP contribution < -0.4 is 10.0 Å². The van der Waals surface area contributed by atoms with E-state index in [1.807, 2.05) is 0 Å². The van der Waals surface area contributed by atoms with Crippen LogP contribution in [0.25, 0.3) is 27.1 Å². The summed E-state index contributed by atoms with van der Waals surface area (Å²) in [5, 5.41) is 8.03. The molecule has 1 aromatic heterocycles. The summed E-state index contributed by atoms with van der Waals surface area (Å²) in [5.41, 5.74) is 1.93. The average molecular weight is 410 g/mol. The molecular formula is C20H15FN4O3S. The third kappa shape index (κ3) is 3.23. The zero-order valence-electron chi connectivity index (χ0n) is 15.0. The highest BCUT2D eigenvalue weighted by molar-refractivity contribution is 7.93. The quantitative estimate of drug-likeness (QED) is 0.690. The van der Waals surface area contributed by atoms with Crippen molar-refractivity contribution >= 4 is 38.7 Å². The summed E-state index contributed by atoms with van der Waals surface area (Å²) in [5.74, 6) is -1.09. The third-order valence-corrected chi connectivity index (χ3v) is 5.92. The van der Waals surface area contributed by atoms with E-state index in [1.165, 1.54) is 29.0 Å². The van der Waals surface area contributed by atoms with Gasteiger partial charge >= 0.3 is 0 Å². The van der Waals surface area contributed by atoms with Gasteiger partial charge in [-0.2, -0.15) is 5.10 Å². The lowest BCUT2D eigenvalue weighted by Gasteiger charge is -2.09. The molecule has 2 N–H and O–H groups in total. The number of benzene rings is 2. The molecule has 2 heterocycles. The normalized spacial score (nSPS) is 18.6. The van der Waals surface area contributed by atoms with Crippen LogP contribution in [-0.2, 0) is 15.8 Å². The predicted molar refractivity (Wildman–Crippen MR) is 106 cm³/mol. The number of aromatic nitrogens is 2. The Morgan fingerprint density at radius 2 is 2.07 bits per heavy atom. The number of halogens is 1. The van der Waals surface area contributed by atoms with Gasteiger partial charge in [0.05, 0.1) is 11.7 Å². The van der Waals surface area contributed by atoms with Crippen molar-refractivity contribution in [1.29, 1.82) is 0 Å². The lowest BCUT2D eigenvalue weighted by atomic mass is 10.0. The second-order valence-electron chi connectivity index (χ2n) is 6.99. The third-order valence-electron chi connectivity index (χ3n) is 4.87. The zero-order valence-corrected chi connectivity index (χ0v) is 15.8. The second kappa shape index (κ2) is 6.63. The Hall–Kier alpha value is -3.33. The van der Waals surface area contributed by atoms with Crippen LogP contribution in [0.4, 0.5) is 4.39 Å². The van der Waals surface area contributed by atoms with Gasteiger partial charge in [0.15, 0.2) is 16.0 Å². The molecule has 0 spiro atoms. The number of nitrogens with zero attached hydrogens (tertiary/aromatic N) is 2. The molecule has 2 amide bonds. The Labute approximate surface area is 167 Å². The fourth-order valence-electron chi connectivity index (χ4n) is 3.24. The highest BCUT2D eigenvalue weighted by Crippen LogP contribution is 2.29. The average Bonchev–Trinajstić information content (AvgIpc) is 3.31. The molecule has 1 fully saturated rings. The van der Waals surface area contributed by atoms with Gasteiger partial charge in [0.25, 0.3) is 11.8 Å². The summed E-state index contributed by atoms with van der Waals surface area (Å²) in [6.45, 7) is 0. The van der Waals surface area contributed by atoms with E-state index >= 15 is 0 Å². The fourth-order valence-corrected chi connectivity index (χ4v) is 4.10. The molecule has 1 aliphatic heterocycles. The molecule has 2 aliphatic rings. The molecule has 0 bridgehead atoms. The molecule has 1 aliphatic carbocycles. The number of hydrogen-bond donors (Lipinski definition) is 2. The van der Waals surface area contributed by atoms with Gasteiger partial charge in [-0.25, -0.2) is 13.3 Å². The fraction of sp³-hybridized carbons (Fsp3) is 0.150. The van der Waals surface area contributed by atoms with Crippen LogP contribution in [0.5, 0.6) is 0 Å². The van der Waals surface area contributed by atoms with Crippen molar-refractivity contribution in [2.45, 2.75) is 18.9 Å². The number of hydrogen-bond acceptors (Lipinski definition) is 4.